The Kier molecular flexibility index (Phi) is 6.98. The quantitative estimate of drug-likeness (QED) is 0.578. The molecular weight excluding hydrogens is 328 g/mol. The molecule has 0 aromatic heterocycles. The molecular formula is C22H40O4. The Morgan fingerprint density at radius 2 is 1.38 bits per heavy atom. The van der Waals surface area contributed by atoms with Gasteiger partial charge in [-0.3, -0.25) is 4.79 Å². The van der Waals surface area contributed by atoms with Crippen LogP contribution >= 0.6 is 0 Å². The van der Waals surface area contributed by atoms with Crippen LogP contribution in [-0.4, -0.2) is 24.1 Å². The highest BCUT2D eigenvalue weighted by Gasteiger charge is 2.48. The van der Waals surface area contributed by atoms with E-state index in [1.807, 2.05) is 41.5 Å². The molecule has 1 fully saturated rings. The zero-order chi connectivity index (χ0) is 20.4. The zero-order valence-electron chi connectivity index (χ0n) is 18.5. The fourth-order valence-corrected chi connectivity index (χ4v) is 4.02. The average molecular weight is 369 g/mol. The van der Waals surface area contributed by atoms with Gasteiger partial charge < -0.3 is 9.47 Å². The van der Waals surface area contributed by atoms with Gasteiger partial charge in [-0.1, -0.05) is 54.4 Å². The summed E-state index contributed by atoms with van der Waals surface area (Å²) in [5, 5.41) is 0. The molecule has 0 heterocycles. The smallest absolute Gasteiger partial charge is 0.344 e. The lowest BCUT2D eigenvalue weighted by Gasteiger charge is -2.43. The van der Waals surface area contributed by atoms with Crippen LogP contribution in [0.15, 0.2) is 0 Å². The number of hydrogen-bond donors (Lipinski definition) is 0. The molecule has 0 spiro atoms. The lowest BCUT2D eigenvalue weighted by atomic mass is 9.61. The standard InChI is InChI=1S/C22H40O4/c1-19(2,3)15-22(9,20(4,5)6)18(24)25-14-17(23)26-21(7,8)16-12-10-11-13-16/h16H,10-15H2,1-9H3. The van der Waals surface area contributed by atoms with Gasteiger partial charge in [-0.25, -0.2) is 4.79 Å². The SMILES string of the molecule is CC(C)(C)CC(C)(C(=O)OCC(=O)OC(C)(C)C1CCCC1)C(C)(C)C. The predicted octanol–water partition coefficient (Wildman–Crippen LogP) is 5.53. The second kappa shape index (κ2) is 7.90. The maximum Gasteiger partial charge on any atom is 0.344 e. The van der Waals surface area contributed by atoms with Crippen molar-refractivity contribution in [3.8, 4) is 0 Å². The van der Waals surface area contributed by atoms with Crippen molar-refractivity contribution in [1.82, 2.24) is 0 Å². The molecule has 0 aromatic carbocycles. The Morgan fingerprint density at radius 1 is 0.885 bits per heavy atom. The fraction of sp³-hybridized carbons (Fsp3) is 0.909. The van der Waals surface area contributed by atoms with E-state index < -0.39 is 17.0 Å². The molecule has 1 rings (SSSR count). The highest BCUT2D eigenvalue weighted by molar-refractivity contribution is 5.81. The number of carbonyl (C=O) groups is 2. The Bertz CT molecular complexity index is 501. The van der Waals surface area contributed by atoms with E-state index >= 15 is 0 Å². The van der Waals surface area contributed by atoms with Gasteiger partial charge >= 0.3 is 11.9 Å². The van der Waals surface area contributed by atoms with Gasteiger partial charge in [0.2, 0.25) is 0 Å². The fourth-order valence-electron chi connectivity index (χ4n) is 4.02. The van der Waals surface area contributed by atoms with E-state index in [2.05, 4.69) is 20.8 Å². The molecule has 1 aliphatic carbocycles. The van der Waals surface area contributed by atoms with E-state index in [-0.39, 0.29) is 23.4 Å². The molecule has 1 saturated carbocycles. The van der Waals surface area contributed by atoms with Crippen molar-refractivity contribution in [2.45, 2.75) is 100 Å². The zero-order valence-corrected chi connectivity index (χ0v) is 18.5. The summed E-state index contributed by atoms with van der Waals surface area (Å²) in [6.45, 7) is 18.0. The average Bonchev–Trinajstić information content (AvgIpc) is 2.95. The van der Waals surface area contributed by atoms with Gasteiger partial charge in [-0.05, 0) is 56.8 Å². The summed E-state index contributed by atoms with van der Waals surface area (Å²) in [4.78, 5) is 25.2. The van der Waals surface area contributed by atoms with Gasteiger partial charge in [0, 0.05) is 0 Å². The van der Waals surface area contributed by atoms with E-state index in [4.69, 9.17) is 9.47 Å². The summed E-state index contributed by atoms with van der Waals surface area (Å²) in [7, 11) is 0. The number of esters is 2. The van der Waals surface area contributed by atoms with Gasteiger partial charge in [0.15, 0.2) is 6.61 Å². The van der Waals surface area contributed by atoms with Gasteiger partial charge in [-0.15, -0.1) is 0 Å². The molecule has 1 unspecified atom stereocenters. The van der Waals surface area contributed by atoms with E-state index in [1.165, 1.54) is 12.8 Å². The summed E-state index contributed by atoms with van der Waals surface area (Å²) in [6, 6.07) is 0. The largest absolute Gasteiger partial charge is 0.457 e. The van der Waals surface area contributed by atoms with Crippen LogP contribution in [0.3, 0.4) is 0 Å². The maximum atomic E-state index is 12.9. The van der Waals surface area contributed by atoms with Crippen molar-refractivity contribution in [3.63, 3.8) is 0 Å². The van der Waals surface area contributed by atoms with Gasteiger partial charge in [0.25, 0.3) is 0 Å². The predicted molar refractivity (Wildman–Crippen MR) is 105 cm³/mol. The summed E-state index contributed by atoms with van der Waals surface area (Å²) < 4.78 is 11.1. The van der Waals surface area contributed by atoms with Crippen LogP contribution in [-0.2, 0) is 19.1 Å². The first-order chi connectivity index (χ1) is 11.6. The van der Waals surface area contributed by atoms with Crippen LogP contribution in [0.5, 0.6) is 0 Å². The Balaban J connectivity index is 2.71. The molecule has 26 heavy (non-hydrogen) atoms. The van der Waals surface area contributed by atoms with Crippen molar-refractivity contribution in [2.24, 2.45) is 22.2 Å². The Hall–Kier alpha value is -1.06. The van der Waals surface area contributed by atoms with Gasteiger partial charge in [0.05, 0.1) is 5.41 Å². The van der Waals surface area contributed by atoms with Crippen molar-refractivity contribution in [2.75, 3.05) is 6.61 Å². The van der Waals surface area contributed by atoms with Crippen LogP contribution < -0.4 is 0 Å². The summed E-state index contributed by atoms with van der Waals surface area (Å²) in [6.07, 6.45) is 5.25. The lowest BCUT2D eigenvalue weighted by molar-refractivity contribution is -0.179. The van der Waals surface area contributed by atoms with Crippen molar-refractivity contribution in [3.05, 3.63) is 0 Å². The van der Waals surface area contributed by atoms with E-state index in [0.29, 0.717) is 12.3 Å². The topological polar surface area (TPSA) is 52.6 Å². The molecule has 0 saturated heterocycles. The third-order valence-electron chi connectivity index (χ3n) is 6.03. The minimum Gasteiger partial charge on any atom is -0.457 e. The van der Waals surface area contributed by atoms with E-state index in [9.17, 15) is 9.59 Å². The van der Waals surface area contributed by atoms with Gasteiger partial charge in [-0.2, -0.15) is 0 Å². The number of carbonyl (C=O) groups excluding carboxylic acids is 2. The van der Waals surface area contributed by atoms with Gasteiger partial charge in [0.1, 0.15) is 5.60 Å². The molecule has 152 valence electrons. The lowest BCUT2D eigenvalue weighted by Crippen LogP contribution is -2.45. The van der Waals surface area contributed by atoms with Crippen LogP contribution in [0.25, 0.3) is 0 Å². The number of ether oxygens (including phenoxy) is 2. The second-order valence-corrected chi connectivity index (χ2v) is 11.0. The molecule has 0 N–H and O–H groups in total. The molecule has 0 radical (unpaired) electrons. The Morgan fingerprint density at radius 3 is 1.81 bits per heavy atom. The van der Waals surface area contributed by atoms with Crippen molar-refractivity contribution < 1.29 is 19.1 Å². The van der Waals surface area contributed by atoms with Crippen LogP contribution in [0.2, 0.25) is 0 Å². The van der Waals surface area contributed by atoms with E-state index in [0.717, 1.165) is 12.8 Å². The van der Waals surface area contributed by atoms with Crippen LogP contribution in [0, 0.1) is 22.2 Å². The minimum absolute atomic E-state index is 0.0218. The molecule has 0 bridgehead atoms. The normalized spacial score (nSPS) is 19.1. The maximum absolute atomic E-state index is 12.9. The van der Waals surface area contributed by atoms with Crippen molar-refractivity contribution in [1.29, 1.82) is 0 Å². The first-order valence-corrected chi connectivity index (χ1v) is 9.98. The van der Waals surface area contributed by atoms with Crippen molar-refractivity contribution >= 4 is 11.9 Å². The van der Waals surface area contributed by atoms with Crippen LogP contribution in [0.1, 0.15) is 94.4 Å². The monoisotopic (exact) mass is 368 g/mol. The summed E-state index contributed by atoms with van der Waals surface area (Å²) in [5.41, 5.74) is -1.47. The third kappa shape index (κ3) is 5.99. The third-order valence-corrected chi connectivity index (χ3v) is 6.03. The van der Waals surface area contributed by atoms with Crippen LogP contribution in [0.4, 0.5) is 0 Å². The molecule has 0 aliphatic heterocycles. The number of rotatable bonds is 6. The number of hydrogen-bond acceptors (Lipinski definition) is 4. The first kappa shape index (κ1) is 23.0. The molecule has 4 heteroatoms. The Labute approximate surface area is 160 Å². The minimum atomic E-state index is -0.674. The molecule has 1 atom stereocenters. The highest BCUT2D eigenvalue weighted by Crippen LogP contribution is 2.47. The molecule has 0 amide bonds. The summed E-state index contributed by atoms with van der Waals surface area (Å²) >= 11 is 0. The molecule has 4 nitrogen and oxygen atoms in total. The second-order valence-electron chi connectivity index (χ2n) is 11.0. The molecule has 0 aromatic rings. The first-order valence-electron chi connectivity index (χ1n) is 9.98. The molecule has 1 aliphatic rings. The van der Waals surface area contributed by atoms with E-state index in [1.54, 1.807) is 0 Å². The summed E-state index contributed by atoms with van der Waals surface area (Å²) in [5.74, 6) is -0.388. The highest BCUT2D eigenvalue weighted by atomic mass is 16.6.